The molecule has 0 fully saturated rings. The fourth-order valence-electron chi connectivity index (χ4n) is 1.91. The van der Waals surface area contributed by atoms with Crippen LogP contribution in [0.2, 0.25) is 0 Å². The Kier molecular flexibility index (Phi) is 5.27. The number of aromatic nitrogens is 1. The van der Waals surface area contributed by atoms with E-state index in [-0.39, 0.29) is 5.91 Å². The van der Waals surface area contributed by atoms with Crippen LogP contribution in [0.15, 0.2) is 54.9 Å². The summed E-state index contributed by atoms with van der Waals surface area (Å²) in [6.07, 6.45) is 6.84. The topological polar surface area (TPSA) is 42.0 Å². The van der Waals surface area contributed by atoms with E-state index in [1.165, 1.54) is 5.56 Å². The molecule has 1 aromatic heterocycles. The van der Waals surface area contributed by atoms with Gasteiger partial charge in [-0.05, 0) is 34.8 Å². The first-order chi connectivity index (χ1) is 10.1. The van der Waals surface area contributed by atoms with Crippen molar-refractivity contribution in [2.75, 3.05) is 0 Å². The van der Waals surface area contributed by atoms with Crippen LogP contribution in [0.3, 0.4) is 0 Å². The van der Waals surface area contributed by atoms with E-state index in [2.05, 4.69) is 36.3 Å². The van der Waals surface area contributed by atoms with Gasteiger partial charge in [-0.15, -0.1) is 0 Å². The maximum Gasteiger partial charge on any atom is 0.244 e. The van der Waals surface area contributed by atoms with Crippen molar-refractivity contribution < 1.29 is 4.79 Å². The molecule has 0 saturated carbocycles. The molecule has 0 aliphatic rings. The van der Waals surface area contributed by atoms with Gasteiger partial charge in [-0.2, -0.15) is 0 Å². The highest BCUT2D eigenvalue weighted by Gasteiger charge is 1.99. The molecule has 1 aromatic carbocycles. The summed E-state index contributed by atoms with van der Waals surface area (Å²) >= 11 is 0. The van der Waals surface area contributed by atoms with Crippen molar-refractivity contribution in [2.45, 2.75) is 26.3 Å². The van der Waals surface area contributed by atoms with Crippen molar-refractivity contribution in [2.24, 2.45) is 0 Å². The zero-order valence-corrected chi connectivity index (χ0v) is 12.4. The van der Waals surface area contributed by atoms with E-state index >= 15 is 0 Å². The second kappa shape index (κ2) is 7.39. The number of amides is 1. The molecule has 2 rings (SSSR count). The summed E-state index contributed by atoms with van der Waals surface area (Å²) in [5.74, 6) is 0.414. The second-order valence-electron chi connectivity index (χ2n) is 5.23. The lowest BCUT2D eigenvalue weighted by Crippen LogP contribution is -2.20. The molecule has 0 aliphatic carbocycles. The molecule has 1 N–H and O–H groups in total. The van der Waals surface area contributed by atoms with Gasteiger partial charge >= 0.3 is 0 Å². The summed E-state index contributed by atoms with van der Waals surface area (Å²) in [5, 5.41) is 2.83. The number of nitrogens with zero attached hydrogens (tertiary/aromatic N) is 1. The van der Waals surface area contributed by atoms with Gasteiger partial charge in [0.15, 0.2) is 0 Å². The van der Waals surface area contributed by atoms with Gasteiger partial charge in [-0.25, -0.2) is 0 Å². The van der Waals surface area contributed by atoms with E-state index in [4.69, 9.17) is 0 Å². The molecule has 0 spiro atoms. The first-order valence-corrected chi connectivity index (χ1v) is 7.10. The monoisotopic (exact) mass is 280 g/mol. The normalized spacial score (nSPS) is 11.0. The molecule has 0 radical (unpaired) electrons. The van der Waals surface area contributed by atoms with Crippen LogP contribution < -0.4 is 5.32 Å². The van der Waals surface area contributed by atoms with Crippen molar-refractivity contribution in [3.63, 3.8) is 0 Å². The van der Waals surface area contributed by atoms with Gasteiger partial charge in [0, 0.05) is 25.0 Å². The maximum atomic E-state index is 11.7. The van der Waals surface area contributed by atoms with Crippen LogP contribution in [0.1, 0.15) is 36.5 Å². The van der Waals surface area contributed by atoms with Gasteiger partial charge < -0.3 is 5.32 Å². The Labute approximate surface area is 125 Å². The molecule has 0 aliphatic heterocycles. The highest BCUT2D eigenvalue weighted by molar-refractivity contribution is 5.91. The van der Waals surface area contributed by atoms with E-state index in [1.54, 1.807) is 18.5 Å². The molecule has 0 bridgehead atoms. The lowest BCUT2D eigenvalue weighted by atomic mass is 10.0. The predicted octanol–water partition coefficient (Wildman–Crippen LogP) is 3.53. The summed E-state index contributed by atoms with van der Waals surface area (Å²) < 4.78 is 0. The Balaban J connectivity index is 1.87. The van der Waals surface area contributed by atoms with Crippen LogP contribution in [0.25, 0.3) is 6.08 Å². The lowest BCUT2D eigenvalue weighted by Gasteiger charge is -2.04. The molecule has 3 nitrogen and oxygen atoms in total. The Morgan fingerprint density at radius 3 is 2.62 bits per heavy atom. The fourth-order valence-corrected chi connectivity index (χ4v) is 1.91. The first-order valence-electron chi connectivity index (χ1n) is 7.10. The number of carbonyl (C=O) groups excluding carboxylic acids is 1. The number of nitrogens with one attached hydrogen (secondary N) is 1. The standard InChI is InChI=1S/C18H20N2O/c1-14(2)17-8-5-15(6-9-17)7-10-18(21)20-13-16-4-3-11-19-12-16/h3-12,14H,13H2,1-2H3,(H,20,21)/b10-7-. The predicted molar refractivity (Wildman–Crippen MR) is 85.6 cm³/mol. The second-order valence-corrected chi connectivity index (χ2v) is 5.23. The van der Waals surface area contributed by atoms with Crippen LogP contribution in [-0.2, 0) is 11.3 Å². The minimum atomic E-state index is -0.105. The van der Waals surface area contributed by atoms with Crippen molar-refractivity contribution in [1.29, 1.82) is 0 Å². The average Bonchev–Trinajstić information content (AvgIpc) is 2.52. The van der Waals surface area contributed by atoms with Crippen molar-refractivity contribution in [3.8, 4) is 0 Å². The molecule has 2 aromatic rings. The molecular formula is C18H20N2O. The molecule has 0 saturated heterocycles. The van der Waals surface area contributed by atoms with E-state index in [0.717, 1.165) is 11.1 Å². The van der Waals surface area contributed by atoms with Crippen LogP contribution in [-0.4, -0.2) is 10.9 Å². The molecule has 0 unspecified atom stereocenters. The Morgan fingerprint density at radius 1 is 1.24 bits per heavy atom. The first kappa shape index (κ1) is 15.0. The smallest absolute Gasteiger partial charge is 0.244 e. The summed E-state index contributed by atoms with van der Waals surface area (Å²) in [6, 6.07) is 12.0. The number of benzene rings is 1. The third kappa shape index (κ3) is 4.88. The number of carbonyl (C=O) groups is 1. The maximum absolute atomic E-state index is 11.7. The van der Waals surface area contributed by atoms with Gasteiger partial charge in [-0.3, -0.25) is 9.78 Å². The highest BCUT2D eigenvalue weighted by atomic mass is 16.1. The number of pyridine rings is 1. The van der Waals surface area contributed by atoms with Crippen molar-refractivity contribution in [1.82, 2.24) is 10.3 Å². The molecule has 21 heavy (non-hydrogen) atoms. The van der Waals surface area contributed by atoms with E-state index < -0.39 is 0 Å². The Bertz CT molecular complexity index is 601. The van der Waals surface area contributed by atoms with E-state index in [0.29, 0.717) is 12.5 Å². The van der Waals surface area contributed by atoms with Crippen LogP contribution >= 0.6 is 0 Å². The third-order valence-electron chi connectivity index (χ3n) is 3.22. The van der Waals surface area contributed by atoms with Gasteiger partial charge in [0.2, 0.25) is 5.91 Å². The minimum Gasteiger partial charge on any atom is -0.348 e. The van der Waals surface area contributed by atoms with Gasteiger partial charge in [0.05, 0.1) is 0 Å². The van der Waals surface area contributed by atoms with Gasteiger partial charge in [0.1, 0.15) is 0 Å². The summed E-state index contributed by atoms with van der Waals surface area (Å²) in [5.41, 5.74) is 3.31. The summed E-state index contributed by atoms with van der Waals surface area (Å²) in [6.45, 7) is 4.82. The summed E-state index contributed by atoms with van der Waals surface area (Å²) in [4.78, 5) is 15.8. The number of hydrogen-bond acceptors (Lipinski definition) is 2. The minimum absolute atomic E-state index is 0.105. The average molecular weight is 280 g/mol. The number of hydrogen-bond donors (Lipinski definition) is 1. The highest BCUT2D eigenvalue weighted by Crippen LogP contribution is 2.15. The van der Waals surface area contributed by atoms with Crippen LogP contribution in [0.5, 0.6) is 0 Å². The van der Waals surface area contributed by atoms with Crippen LogP contribution in [0.4, 0.5) is 0 Å². The Hall–Kier alpha value is -2.42. The molecule has 0 atom stereocenters. The quantitative estimate of drug-likeness (QED) is 0.851. The zero-order chi connectivity index (χ0) is 15.1. The van der Waals surface area contributed by atoms with Crippen molar-refractivity contribution >= 4 is 12.0 Å². The van der Waals surface area contributed by atoms with Crippen molar-refractivity contribution in [3.05, 3.63) is 71.6 Å². The molecule has 1 heterocycles. The Morgan fingerprint density at radius 2 is 2.00 bits per heavy atom. The fraction of sp³-hybridized carbons (Fsp3) is 0.222. The van der Waals surface area contributed by atoms with Gasteiger partial charge in [-0.1, -0.05) is 44.2 Å². The zero-order valence-electron chi connectivity index (χ0n) is 12.4. The summed E-state index contributed by atoms with van der Waals surface area (Å²) in [7, 11) is 0. The molecule has 1 amide bonds. The third-order valence-corrected chi connectivity index (χ3v) is 3.22. The molecule has 108 valence electrons. The van der Waals surface area contributed by atoms with E-state index in [1.807, 2.05) is 30.3 Å². The van der Waals surface area contributed by atoms with Crippen LogP contribution in [0, 0.1) is 0 Å². The lowest BCUT2D eigenvalue weighted by molar-refractivity contribution is -0.116. The largest absolute Gasteiger partial charge is 0.348 e. The van der Waals surface area contributed by atoms with E-state index in [9.17, 15) is 4.79 Å². The van der Waals surface area contributed by atoms with Gasteiger partial charge in [0.25, 0.3) is 0 Å². The molecular weight excluding hydrogens is 260 g/mol. The number of rotatable bonds is 5. The molecule has 3 heteroatoms. The SMILES string of the molecule is CC(C)c1ccc(/C=C\C(=O)NCc2cccnc2)cc1.